The van der Waals surface area contributed by atoms with Crippen molar-refractivity contribution < 1.29 is 23.6 Å². The van der Waals surface area contributed by atoms with Crippen LogP contribution >= 0.6 is 0 Å². The maximum absolute atomic E-state index is 12.0. The lowest BCUT2D eigenvalue weighted by Crippen LogP contribution is -2.18. The summed E-state index contributed by atoms with van der Waals surface area (Å²) in [5.41, 5.74) is -0.0256. The third kappa shape index (κ3) is 3.95. The Hall–Kier alpha value is -3.14. The molecule has 0 heterocycles. The van der Waals surface area contributed by atoms with Gasteiger partial charge in [-0.05, 0) is 29.8 Å². The van der Waals surface area contributed by atoms with Crippen LogP contribution in [0.2, 0.25) is 0 Å². The fraction of sp³-hybridized carbons (Fsp3) is 0. The van der Waals surface area contributed by atoms with E-state index in [0.717, 1.165) is 12.3 Å². The van der Waals surface area contributed by atoms with Crippen LogP contribution in [0.3, 0.4) is 0 Å². The summed E-state index contributed by atoms with van der Waals surface area (Å²) in [6.07, 6.45) is 1.11. The Kier molecular flexibility index (Phi) is 4.46. The SMILES string of the molecule is O=[N+]([O-])c1cccc(S(=O)(=O)N/N=C/c2ccc(O)c(O)c2)c1. The number of aromatic hydroxyl groups is 2. The lowest BCUT2D eigenvalue weighted by Gasteiger charge is -2.03. The number of nitro benzene ring substituents is 1. The first-order valence-electron chi connectivity index (χ1n) is 6.11. The van der Waals surface area contributed by atoms with Crippen LogP contribution in [0.25, 0.3) is 0 Å². The van der Waals surface area contributed by atoms with Crippen molar-refractivity contribution in [1.29, 1.82) is 0 Å². The lowest BCUT2D eigenvalue weighted by atomic mass is 10.2. The molecule has 2 aromatic rings. The number of sulfonamides is 1. The van der Waals surface area contributed by atoms with E-state index in [1.54, 1.807) is 0 Å². The molecule has 120 valence electrons. The van der Waals surface area contributed by atoms with Crippen molar-refractivity contribution >= 4 is 21.9 Å². The molecular weight excluding hydrogens is 326 g/mol. The highest BCUT2D eigenvalue weighted by molar-refractivity contribution is 7.89. The van der Waals surface area contributed by atoms with Gasteiger partial charge in [-0.15, -0.1) is 0 Å². The van der Waals surface area contributed by atoms with Gasteiger partial charge in [-0.25, -0.2) is 4.83 Å². The van der Waals surface area contributed by atoms with Gasteiger partial charge >= 0.3 is 0 Å². The van der Waals surface area contributed by atoms with Gasteiger partial charge in [0.05, 0.1) is 16.0 Å². The molecule has 0 aromatic heterocycles. The molecule has 0 amide bonds. The van der Waals surface area contributed by atoms with E-state index in [1.807, 2.05) is 4.83 Å². The predicted octanol–water partition coefficient (Wildman–Crippen LogP) is 1.32. The van der Waals surface area contributed by atoms with Crippen LogP contribution < -0.4 is 4.83 Å². The first-order valence-corrected chi connectivity index (χ1v) is 7.59. The number of rotatable bonds is 5. The molecular formula is C13H11N3O6S. The first kappa shape index (κ1) is 16.2. The summed E-state index contributed by atoms with van der Waals surface area (Å²) in [5.74, 6) is -0.699. The molecule has 9 nitrogen and oxygen atoms in total. The van der Waals surface area contributed by atoms with E-state index in [-0.39, 0.29) is 22.1 Å². The van der Waals surface area contributed by atoms with Crippen LogP contribution in [-0.4, -0.2) is 29.8 Å². The zero-order valence-electron chi connectivity index (χ0n) is 11.4. The second kappa shape index (κ2) is 6.32. The molecule has 0 bridgehead atoms. The number of hydrogen-bond donors (Lipinski definition) is 3. The van der Waals surface area contributed by atoms with Gasteiger partial charge in [-0.2, -0.15) is 13.5 Å². The predicted molar refractivity (Wildman–Crippen MR) is 80.8 cm³/mol. The van der Waals surface area contributed by atoms with E-state index in [2.05, 4.69) is 5.10 Å². The van der Waals surface area contributed by atoms with E-state index in [0.29, 0.717) is 5.56 Å². The fourth-order valence-electron chi connectivity index (χ4n) is 1.61. The van der Waals surface area contributed by atoms with E-state index in [9.17, 15) is 23.6 Å². The zero-order chi connectivity index (χ0) is 17.0. The Bertz CT molecular complexity index is 879. The third-order valence-corrected chi connectivity index (χ3v) is 3.95. The first-order chi connectivity index (χ1) is 10.8. The molecule has 0 atom stereocenters. The number of benzene rings is 2. The monoisotopic (exact) mass is 337 g/mol. The third-order valence-electron chi connectivity index (χ3n) is 2.72. The fourth-order valence-corrected chi connectivity index (χ4v) is 2.44. The van der Waals surface area contributed by atoms with Crippen LogP contribution in [0.4, 0.5) is 5.69 Å². The number of phenolic OH excluding ortho intramolecular Hbond substituents is 2. The number of nitrogens with one attached hydrogen (secondary N) is 1. The topological polar surface area (TPSA) is 142 Å². The smallest absolute Gasteiger partial charge is 0.276 e. The molecule has 0 saturated heterocycles. The molecule has 0 saturated carbocycles. The highest BCUT2D eigenvalue weighted by Gasteiger charge is 2.16. The number of hydrogen-bond acceptors (Lipinski definition) is 7. The van der Waals surface area contributed by atoms with E-state index in [4.69, 9.17) is 5.11 Å². The summed E-state index contributed by atoms with van der Waals surface area (Å²) in [6.45, 7) is 0. The van der Waals surface area contributed by atoms with Gasteiger partial charge < -0.3 is 10.2 Å². The molecule has 2 aromatic carbocycles. The summed E-state index contributed by atoms with van der Waals surface area (Å²) in [5, 5.41) is 32.6. The van der Waals surface area contributed by atoms with Crippen molar-refractivity contribution in [3.63, 3.8) is 0 Å². The van der Waals surface area contributed by atoms with Gasteiger partial charge in [0.2, 0.25) is 0 Å². The van der Waals surface area contributed by atoms with Gasteiger partial charge in [0, 0.05) is 12.1 Å². The van der Waals surface area contributed by atoms with Crippen molar-refractivity contribution in [2.24, 2.45) is 5.10 Å². The molecule has 10 heteroatoms. The van der Waals surface area contributed by atoms with Gasteiger partial charge in [-0.3, -0.25) is 10.1 Å². The van der Waals surface area contributed by atoms with Gasteiger partial charge in [-0.1, -0.05) is 6.07 Å². The highest BCUT2D eigenvalue weighted by atomic mass is 32.2. The van der Waals surface area contributed by atoms with E-state index in [1.165, 1.54) is 36.4 Å². The summed E-state index contributed by atoms with van der Waals surface area (Å²) in [7, 11) is -4.07. The van der Waals surface area contributed by atoms with Crippen molar-refractivity contribution in [2.75, 3.05) is 0 Å². The molecule has 0 spiro atoms. The molecule has 2 rings (SSSR count). The van der Waals surface area contributed by atoms with Crippen LogP contribution in [0.5, 0.6) is 11.5 Å². The average molecular weight is 337 g/mol. The minimum Gasteiger partial charge on any atom is -0.504 e. The molecule has 23 heavy (non-hydrogen) atoms. The Balaban J connectivity index is 2.18. The summed E-state index contributed by atoms with van der Waals surface area (Å²) >= 11 is 0. The van der Waals surface area contributed by atoms with Crippen molar-refractivity contribution in [2.45, 2.75) is 4.90 Å². The van der Waals surface area contributed by atoms with Crippen LogP contribution in [-0.2, 0) is 10.0 Å². The Morgan fingerprint density at radius 1 is 1.13 bits per heavy atom. The van der Waals surface area contributed by atoms with Crippen molar-refractivity contribution in [1.82, 2.24) is 4.83 Å². The van der Waals surface area contributed by atoms with Crippen molar-refractivity contribution in [3.05, 3.63) is 58.1 Å². The molecule has 0 aliphatic carbocycles. The number of nitro groups is 1. The molecule has 0 radical (unpaired) electrons. The second-order valence-electron chi connectivity index (χ2n) is 4.36. The standard InChI is InChI=1S/C13H11N3O6S/c17-12-5-4-9(6-13(12)18)8-14-15-23(21,22)11-3-1-2-10(7-11)16(19)20/h1-8,15,17-18H/b14-8+. The Morgan fingerprint density at radius 3 is 2.52 bits per heavy atom. The van der Waals surface area contributed by atoms with E-state index >= 15 is 0 Å². The molecule has 0 aliphatic rings. The summed E-state index contributed by atoms with van der Waals surface area (Å²) < 4.78 is 24.0. The van der Waals surface area contributed by atoms with Gasteiger partial charge in [0.1, 0.15) is 0 Å². The summed E-state index contributed by atoms with van der Waals surface area (Å²) in [6, 6.07) is 8.31. The number of phenols is 2. The minimum absolute atomic E-state index is 0.308. The molecule has 0 aliphatic heterocycles. The summed E-state index contributed by atoms with van der Waals surface area (Å²) in [4.78, 5) is 11.5. The average Bonchev–Trinajstić information content (AvgIpc) is 2.51. The minimum atomic E-state index is -4.07. The van der Waals surface area contributed by atoms with Crippen LogP contribution in [0.1, 0.15) is 5.56 Å². The maximum atomic E-state index is 12.0. The Labute approximate surface area is 130 Å². The Morgan fingerprint density at radius 2 is 1.87 bits per heavy atom. The maximum Gasteiger partial charge on any atom is 0.276 e. The quantitative estimate of drug-likeness (QED) is 0.325. The second-order valence-corrected chi connectivity index (χ2v) is 6.02. The number of nitrogens with zero attached hydrogens (tertiary/aromatic N) is 2. The largest absolute Gasteiger partial charge is 0.504 e. The van der Waals surface area contributed by atoms with Gasteiger partial charge in [0.25, 0.3) is 15.7 Å². The van der Waals surface area contributed by atoms with Crippen LogP contribution in [0, 0.1) is 10.1 Å². The molecule has 0 unspecified atom stereocenters. The molecule has 3 N–H and O–H groups in total. The molecule has 0 fully saturated rings. The van der Waals surface area contributed by atoms with E-state index < -0.39 is 14.9 Å². The van der Waals surface area contributed by atoms with Crippen molar-refractivity contribution in [3.8, 4) is 11.5 Å². The highest BCUT2D eigenvalue weighted by Crippen LogP contribution is 2.24. The van der Waals surface area contributed by atoms with Crippen LogP contribution in [0.15, 0.2) is 52.5 Å². The van der Waals surface area contributed by atoms with Gasteiger partial charge in [0.15, 0.2) is 11.5 Å². The number of non-ortho nitro benzene ring substituents is 1. The zero-order valence-corrected chi connectivity index (χ0v) is 12.3. The number of hydrazone groups is 1. The lowest BCUT2D eigenvalue weighted by molar-refractivity contribution is -0.385. The normalized spacial score (nSPS) is 11.5.